The first-order chi connectivity index (χ1) is 8.22. The molecule has 0 radical (unpaired) electrons. The molecule has 86 valence electrons. The van der Waals surface area contributed by atoms with Crippen LogP contribution in [0.3, 0.4) is 0 Å². The first-order valence-electron chi connectivity index (χ1n) is 5.35. The molecule has 2 aromatic rings. The first-order valence-corrected chi connectivity index (χ1v) is 5.35. The van der Waals surface area contributed by atoms with Crippen molar-refractivity contribution >= 4 is 5.97 Å². The summed E-state index contributed by atoms with van der Waals surface area (Å²) in [4.78, 5) is 14.7. The molecule has 0 saturated heterocycles. The minimum Gasteiger partial charge on any atom is -0.475 e. The fraction of sp³-hybridized carbons (Fsp3) is 0.250. The lowest BCUT2D eigenvalue weighted by molar-refractivity contribution is 0.0680. The second kappa shape index (κ2) is 3.41. The van der Waals surface area contributed by atoms with E-state index in [1.54, 1.807) is 0 Å². The first kappa shape index (κ1) is 10.0. The predicted molar refractivity (Wildman–Crippen MR) is 57.7 cm³/mol. The molecule has 17 heavy (non-hydrogen) atoms. The molecule has 1 saturated carbocycles. The number of carboxylic acids is 1. The fourth-order valence-corrected chi connectivity index (χ4v) is 2.01. The highest BCUT2D eigenvalue weighted by molar-refractivity contribution is 5.82. The molecule has 0 amide bonds. The predicted octanol–water partition coefficient (Wildman–Crippen LogP) is 1.85. The van der Waals surface area contributed by atoms with Gasteiger partial charge in [-0.2, -0.15) is 4.98 Å². The Hall–Kier alpha value is -2.17. The maximum atomic E-state index is 10.7. The quantitative estimate of drug-likeness (QED) is 0.870. The van der Waals surface area contributed by atoms with Crippen LogP contribution in [0.2, 0.25) is 0 Å². The molecular formula is C12H10N2O3. The molecule has 0 bridgehead atoms. The largest absolute Gasteiger partial charge is 0.475 e. The number of hydrogen-bond acceptors (Lipinski definition) is 4. The van der Waals surface area contributed by atoms with E-state index in [9.17, 15) is 4.79 Å². The number of hydrogen-bond donors (Lipinski definition) is 1. The summed E-state index contributed by atoms with van der Waals surface area (Å²) < 4.78 is 5.07. The SMILES string of the molecule is O=C(O)c1noc(C2(c3ccccc3)CC2)n1. The summed E-state index contributed by atoms with van der Waals surface area (Å²) in [5, 5.41) is 12.2. The van der Waals surface area contributed by atoms with Gasteiger partial charge in [0.05, 0.1) is 5.41 Å². The van der Waals surface area contributed by atoms with E-state index in [-0.39, 0.29) is 11.2 Å². The Morgan fingerprint density at radius 1 is 1.29 bits per heavy atom. The van der Waals surface area contributed by atoms with E-state index < -0.39 is 5.97 Å². The molecule has 0 unspecified atom stereocenters. The lowest BCUT2D eigenvalue weighted by Gasteiger charge is -2.09. The molecule has 5 nitrogen and oxygen atoms in total. The standard InChI is InChI=1S/C12H10N2O3/c15-10(16)9-13-11(17-14-9)12(6-7-12)8-4-2-1-3-5-8/h1-5H,6-7H2,(H,15,16). The van der Waals surface area contributed by atoms with Gasteiger partial charge < -0.3 is 9.63 Å². The molecule has 5 heteroatoms. The minimum atomic E-state index is -1.16. The zero-order valence-corrected chi connectivity index (χ0v) is 8.96. The van der Waals surface area contributed by atoms with E-state index in [0.717, 1.165) is 18.4 Å². The fourth-order valence-electron chi connectivity index (χ4n) is 2.01. The third kappa shape index (κ3) is 1.51. The molecule has 0 aliphatic heterocycles. The van der Waals surface area contributed by atoms with Gasteiger partial charge in [-0.3, -0.25) is 0 Å². The van der Waals surface area contributed by atoms with Crippen LogP contribution in [0.15, 0.2) is 34.9 Å². The van der Waals surface area contributed by atoms with Crippen molar-refractivity contribution in [1.29, 1.82) is 0 Å². The van der Waals surface area contributed by atoms with Crippen molar-refractivity contribution < 1.29 is 14.4 Å². The van der Waals surface area contributed by atoms with Crippen LogP contribution >= 0.6 is 0 Å². The van der Waals surface area contributed by atoms with Crippen LogP contribution in [-0.2, 0) is 5.41 Å². The van der Waals surface area contributed by atoms with E-state index in [2.05, 4.69) is 10.1 Å². The Bertz CT molecular complexity index is 558. The summed E-state index contributed by atoms with van der Waals surface area (Å²) in [7, 11) is 0. The van der Waals surface area contributed by atoms with Crippen LogP contribution in [0, 0.1) is 0 Å². The number of nitrogens with zero attached hydrogens (tertiary/aromatic N) is 2. The molecule has 1 fully saturated rings. The highest BCUT2D eigenvalue weighted by Crippen LogP contribution is 2.52. The zero-order valence-electron chi connectivity index (χ0n) is 8.96. The Morgan fingerprint density at radius 2 is 2.00 bits per heavy atom. The summed E-state index contributed by atoms with van der Waals surface area (Å²) in [6, 6.07) is 9.83. The molecule has 1 heterocycles. The van der Waals surface area contributed by atoms with Gasteiger partial charge in [0.1, 0.15) is 0 Å². The van der Waals surface area contributed by atoms with Gasteiger partial charge in [0.2, 0.25) is 5.89 Å². The highest BCUT2D eigenvalue weighted by Gasteiger charge is 2.51. The molecule has 1 aromatic heterocycles. The Labute approximate surface area is 97.1 Å². The van der Waals surface area contributed by atoms with Gasteiger partial charge in [-0.15, -0.1) is 0 Å². The van der Waals surface area contributed by atoms with Crippen molar-refractivity contribution in [3.8, 4) is 0 Å². The lowest BCUT2D eigenvalue weighted by Crippen LogP contribution is -2.09. The second-order valence-corrected chi connectivity index (χ2v) is 4.18. The molecule has 0 atom stereocenters. The third-order valence-corrected chi connectivity index (χ3v) is 3.10. The van der Waals surface area contributed by atoms with Crippen molar-refractivity contribution in [1.82, 2.24) is 10.1 Å². The summed E-state index contributed by atoms with van der Waals surface area (Å²) >= 11 is 0. The van der Waals surface area contributed by atoms with E-state index in [0.29, 0.717) is 5.89 Å². The molecule has 1 aliphatic rings. The number of benzene rings is 1. The Morgan fingerprint density at radius 3 is 2.53 bits per heavy atom. The lowest BCUT2D eigenvalue weighted by atomic mass is 9.96. The van der Waals surface area contributed by atoms with Crippen molar-refractivity contribution in [3.05, 3.63) is 47.6 Å². The Balaban J connectivity index is 2.01. The summed E-state index contributed by atoms with van der Waals surface area (Å²) in [5.41, 5.74) is 0.836. The molecule has 0 spiro atoms. The van der Waals surface area contributed by atoms with Gasteiger partial charge in [-0.1, -0.05) is 30.3 Å². The van der Waals surface area contributed by atoms with Crippen molar-refractivity contribution in [2.75, 3.05) is 0 Å². The van der Waals surface area contributed by atoms with E-state index in [4.69, 9.17) is 9.63 Å². The average Bonchev–Trinajstić information content (AvgIpc) is 3.00. The van der Waals surface area contributed by atoms with Gasteiger partial charge in [0, 0.05) is 0 Å². The number of carboxylic acid groups (broad SMARTS) is 1. The number of aromatic carboxylic acids is 1. The summed E-state index contributed by atoms with van der Waals surface area (Å²) in [5.74, 6) is -1.04. The van der Waals surface area contributed by atoms with Crippen molar-refractivity contribution in [2.45, 2.75) is 18.3 Å². The van der Waals surface area contributed by atoms with E-state index >= 15 is 0 Å². The molecular weight excluding hydrogens is 220 g/mol. The molecule has 1 aromatic carbocycles. The Kier molecular flexibility index (Phi) is 2.01. The van der Waals surface area contributed by atoms with Crippen LogP contribution in [0.5, 0.6) is 0 Å². The topological polar surface area (TPSA) is 76.2 Å². The monoisotopic (exact) mass is 230 g/mol. The van der Waals surface area contributed by atoms with Gasteiger partial charge in [-0.25, -0.2) is 4.79 Å². The van der Waals surface area contributed by atoms with Crippen molar-refractivity contribution in [2.24, 2.45) is 0 Å². The minimum absolute atomic E-state index is 0.262. The van der Waals surface area contributed by atoms with Crippen LogP contribution in [0.1, 0.15) is 34.9 Å². The van der Waals surface area contributed by atoms with Gasteiger partial charge in [0.15, 0.2) is 0 Å². The maximum absolute atomic E-state index is 10.7. The van der Waals surface area contributed by atoms with Crippen LogP contribution < -0.4 is 0 Å². The smallest absolute Gasteiger partial charge is 0.377 e. The van der Waals surface area contributed by atoms with Gasteiger partial charge in [-0.05, 0) is 23.6 Å². The highest BCUT2D eigenvalue weighted by atomic mass is 16.5. The second-order valence-electron chi connectivity index (χ2n) is 4.18. The van der Waals surface area contributed by atoms with E-state index in [1.807, 2.05) is 30.3 Å². The molecule has 3 rings (SSSR count). The molecule has 1 N–H and O–H groups in total. The number of carbonyl (C=O) groups is 1. The normalized spacial score (nSPS) is 16.7. The van der Waals surface area contributed by atoms with Crippen LogP contribution in [0.4, 0.5) is 0 Å². The van der Waals surface area contributed by atoms with Crippen LogP contribution in [0.25, 0.3) is 0 Å². The molecule has 1 aliphatic carbocycles. The summed E-state index contributed by atoms with van der Waals surface area (Å²) in [6.45, 7) is 0. The third-order valence-electron chi connectivity index (χ3n) is 3.10. The average molecular weight is 230 g/mol. The van der Waals surface area contributed by atoms with Crippen molar-refractivity contribution in [3.63, 3.8) is 0 Å². The van der Waals surface area contributed by atoms with E-state index in [1.165, 1.54) is 0 Å². The van der Waals surface area contributed by atoms with Crippen LogP contribution in [-0.4, -0.2) is 21.2 Å². The maximum Gasteiger partial charge on any atom is 0.377 e. The number of aromatic nitrogens is 2. The summed E-state index contributed by atoms with van der Waals surface area (Å²) in [6.07, 6.45) is 1.83. The van der Waals surface area contributed by atoms with Gasteiger partial charge in [0.25, 0.3) is 5.82 Å². The van der Waals surface area contributed by atoms with Gasteiger partial charge >= 0.3 is 5.97 Å². The zero-order chi connectivity index (χ0) is 11.9. The number of rotatable bonds is 3.